The molecule has 1 N–H and O–H groups in total. The zero-order valence-electron chi connectivity index (χ0n) is 12.5. The molecule has 0 fully saturated rings. The fourth-order valence-electron chi connectivity index (χ4n) is 2.20. The summed E-state index contributed by atoms with van der Waals surface area (Å²) in [7, 11) is 0. The second kappa shape index (κ2) is 6.79. The smallest absolute Gasteiger partial charge is 0.265 e. The summed E-state index contributed by atoms with van der Waals surface area (Å²) in [5, 5.41) is 3.45. The van der Waals surface area contributed by atoms with Gasteiger partial charge in [-0.05, 0) is 42.8 Å². The zero-order chi connectivity index (χ0) is 16.2. The number of nitrogens with one attached hydrogen (secondary N) is 1. The molecule has 1 amide bonds. The van der Waals surface area contributed by atoms with Gasteiger partial charge in [-0.25, -0.2) is 0 Å². The quantitative estimate of drug-likeness (QED) is 0.902. The lowest BCUT2D eigenvalue weighted by atomic mass is 10.2. The van der Waals surface area contributed by atoms with E-state index in [4.69, 9.17) is 25.8 Å². The Morgan fingerprint density at radius 1 is 1.22 bits per heavy atom. The molecule has 5 nitrogen and oxygen atoms in total. The van der Waals surface area contributed by atoms with Crippen LogP contribution in [-0.4, -0.2) is 18.8 Å². The molecule has 3 rings (SSSR count). The molecule has 0 aliphatic carbocycles. The predicted molar refractivity (Wildman–Crippen MR) is 87.4 cm³/mol. The monoisotopic (exact) mass is 333 g/mol. The fourth-order valence-corrected chi connectivity index (χ4v) is 2.32. The van der Waals surface area contributed by atoms with Crippen molar-refractivity contribution >= 4 is 23.2 Å². The molecule has 0 aromatic heterocycles. The molecular formula is C17H16ClNO4. The Morgan fingerprint density at radius 2 is 1.96 bits per heavy atom. The Balaban J connectivity index is 1.66. The van der Waals surface area contributed by atoms with Crippen LogP contribution in [0.1, 0.15) is 13.3 Å². The van der Waals surface area contributed by atoms with Crippen molar-refractivity contribution in [3.05, 3.63) is 47.5 Å². The average Bonchev–Trinajstić information content (AvgIpc) is 3.02. The minimum atomic E-state index is -0.596. The lowest BCUT2D eigenvalue weighted by molar-refractivity contribution is -0.122. The molecule has 1 aliphatic heterocycles. The Labute approximate surface area is 139 Å². The van der Waals surface area contributed by atoms with Gasteiger partial charge in [0, 0.05) is 16.8 Å². The molecule has 0 saturated heterocycles. The van der Waals surface area contributed by atoms with Crippen molar-refractivity contribution in [1.82, 2.24) is 0 Å². The van der Waals surface area contributed by atoms with E-state index in [0.717, 1.165) is 0 Å². The highest BCUT2D eigenvalue weighted by molar-refractivity contribution is 6.30. The molecule has 0 bridgehead atoms. The number of fused-ring (bicyclic) bond motifs is 1. The number of anilines is 1. The number of carbonyl (C=O) groups is 1. The highest BCUT2D eigenvalue weighted by atomic mass is 35.5. The lowest BCUT2D eigenvalue weighted by Crippen LogP contribution is -2.32. The third-order valence-corrected chi connectivity index (χ3v) is 3.65. The molecule has 2 aromatic rings. The van der Waals surface area contributed by atoms with Gasteiger partial charge in [0.1, 0.15) is 5.75 Å². The van der Waals surface area contributed by atoms with E-state index in [-0.39, 0.29) is 12.7 Å². The molecule has 1 heterocycles. The summed E-state index contributed by atoms with van der Waals surface area (Å²) < 4.78 is 16.3. The first-order valence-corrected chi connectivity index (χ1v) is 7.66. The first-order chi connectivity index (χ1) is 11.2. The molecule has 6 heteroatoms. The van der Waals surface area contributed by atoms with Gasteiger partial charge in [0.05, 0.1) is 0 Å². The van der Waals surface area contributed by atoms with Crippen LogP contribution >= 0.6 is 11.6 Å². The predicted octanol–water partition coefficient (Wildman–Crippen LogP) is 3.86. The minimum Gasteiger partial charge on any atom is -0.481 e. The van der Waals surface area contributed by atoms with Crippen molar-refractivity contribution in [2.45, 2.75) is 19.4 Å². The van der Waals surface area contributed by atoms with Crippen molar-refractivity contribution < 1.29 is 19.0 Å². The molecule has 0 radical (unpaired) electrons. The highest BCUT2D eigenvalue weighted by Gasteiger charge is 2.20. The van der Waals surface area contributed by atoms with E-state index in [1.807, 2.05) is 6.92 Å². The normalized spacial score (nSPS) is 13.5. The van der Waals surface area contributed by atoms with E-state index in [9.17, 15) is 4.79 Å². The summed E-state index contributed by atoms with van der Waals surface area (Å²) in [6.45, 7) is 2.09. The van der Waals surface area contributed by atoms with Crippen LogP contribution in [-0.2, 0) is 4.79 Å². The number of halogens is 1. The van der Waals surface area contributed by atoms with Crippen LogP contribution in [0.3, 0.4) is 0 Å². The third kappa shape index (κ3) is 3.68. The molecule has 120 valence electrons. The van der Waals surface area contributed by atoms with Crippen LogP contribution in [0.25, 0.3) is 0 Å². The second-order valence-corrected chi connectivity index (χ2v) is 5.46. The molecule has 1 atom stereocenters. The first kappa shape index (κ1) is 15.5. The average molecular weight is 334 g/mol. The van der Waals surface area contributed by atoms with E-state index >= 15 is 0 Å². The van der Waals surface area contributed by atoms with E-state index in [1.54, 1.807) is 42.5 Å². The summed E-state index contributed by atoms with van der Waals surface area (Å²) in [5.41, 5.74) is 0.636. The molecule has 2 aromatic carbocycles. The van der Waals surface area contributed by atoms with Gasteiger partial charge in [0.2, 0.25) is 6.79 Å². The van der Waals surface area contributed by atoms with E-state index in [1.165, 1.54) is 0 Å². The number of hydrogen-bond donors (Lipinski definition) is 1. The topological polar surface area (TPSA) is 56.8 Å². The maximum absolute atomic E-state index is 12.4. The number of rotatable bonds is 5. The molecule has 0 unspecified atom stereocenters. The fraction of sp³-hybridized carbons (Fsp3) is 0.235. The van der Waals surface area contributed by atoms with Gasteiger partial charge in [0.25, 0.3) is 5.91 Å². The summed E-state index contributed by atoms with van der Waals surface area (Å²) in [5.74, 6) is 1.67. The number of hydrogen-bond acceptors (Lipinski definition) is 4. The molecule has 23 heavy (non-hydrogen) atoms. The van der Waals surface area contributed by atoms with Gasteiger partial charge in [-0.3, -0.25) is 4.79 Å². The Kier molecular flexibility index (Phi) is 4.57. The van der Waals surface area contributed by atoms with Crippen LogP contribution in [0, 0.1) is 0 Å². The SMILES string of the molecule is CC[C@H](Oc1ccc(Cl)cc1)C(=O)Nc1ccc2c(c1)OCO2. The van der Waals surface area contributed by atoms with Crippen LogP contribution in [0.5, 0.6) is 17.2 Å². The minimum absolute atomic E-state index is 0.198. The van der Waals surface area contributed by atoms with Crippen LogP contribution in [0.2, 0.25) is 5.02 Å². The maximum Gasteiger partial charge on any atom is 0.265 e. The number of benzene rings is 2. The van der Waals surface area contributed by atoms with Crippen LogP contribution in [0.15, 0.2) is 42.5 Å². The van der Waals surface area contributed by atoms with Crippen LogP contribution < -0.4 is 19.5 Å². The van der Waals surface area contributed by atoms with Gasteiger partial charge in [-0.2, -0.15) is 0 Å². The van der Waals surface area contributed by atoms with E-state index in [0.29, 0.717) is 34.4 Å². The van der Waals surface area contributed by atoms with Crippen molar-refractivity contribution in [1.29, 1.82) is 0 Å². The molecule has 0 saturated carbocycles. The number of ether oxygens (including phenoxy) is 3. The Morgan fingerprint density at radius 3 is 2.70 bits per heavy atom. The van der Waals surface area contributed by atoms with E-state index in [2.05, 4.69) is 5.32 Å². The molecular weight excluding hydrogens is 318 g/mol. The summed E-state index contributed by atoms with van der Waals surface area (Å²) >= 11 is 5.84. The van der Waals surface area contributed by atoms with Gasteiger partial charge >= 0.3 is 0 Å². The summed E-state index contributed by atoms with van der Waals surface area (Å²) in [6, 6.07) is 12.2. The zero-order valence-corrected chi connectivity index (χ0v) is 13.3. The first-order valence-electron chi connectivity index (χ1n) is 7.28. The standard InChI is InChI=1S/C17H16ClNO4/c1-2-14(23-13-6-3-11(18)4-7-13)17(20)19-12-5-8-15-16(9-12)22-10-21-15/h3-9,14H,2,10H2,1H3,(H,19,20)/t14-/m0/s1. The molecule has 1 aliphatic rings. The largest absolute Gasteiger partial charge is 0.481 e. The Hall–Kier alpha value is -2.40. The van der Waals surface area contributed by atoms with Crippen molar-refractivity contribution in [2.24, 2.45) is 0 Å². The van der Waals surface area contributed by atoms with Crippen molar-refractivity contribution in [3.8, 4) is 17.2 Å². The van der Waals surface area contributed by atoms with Gasteiger partial charge in [-0.15, -0.1) is 0 Å². The number of carbonyl (C=O) groups excluding carboxylic acids is 1. The summed E-state index contributed by atoms with van der Waals surface area (Å²) in [6.07, 6.45) is -0.0551. The second-order valence-electron chi connectivity index (χ2n) is 5.03. The third-order valence-electron chi connectivity index (χ3n) is 3.40. The van der Waals surface area contributed by atoms with Crippen molar-refractivity contribution in [3.63, 3.8) is 0 Å². The maximum atomic E-state index is 12.4. The summed E-state index contributed by atoms with van der Waals surface area (Å²) in [4.78, 5) is 12.4. The lowest BCUT2D eigenvalue weighted by Gasteiger charge is -2.17. The number of amides is 1. The highest BCUT2D eigenvalue weighted by Crippen LogP contribution is 2.34. The van der Waals surface area contributed by atoms with Crippen molar-refractivity contribution in [2.75, 3.05) is 12.1 Å². The molecule has 0 spiro atoms. The van der Waals surface area contributed by atoms with Gasteiger partial charge in [0.15, 0.2) is 17.6 Å². The van der Waals surface area contributed by atoms with Crippen LogP contribution in [0.4, 0.5) is 5.69 Å². The van der Waals surface area contributed by atoms with Gasteiger partial charge in [-0.1, -0.05) is 18.5 Å². The van der Waals surface area contributed by atoms with Gasteiger partial charge < -0.3 is 19.5 Å². The van der Waals surface area contributed by atoms with E-state index < -0.39 is 6.10 Å². The Bertz CT molecular complexity index is 702.